The van der Waals surface area contributed by atoms with Gasteiger partial charge >= 0.3 is 0 Å². The molecule has 0 radical (unpaired) electrons. The SMILES string of the molecule is COc1ccc(-n2cccc2C2C(c3ccccn3)NC(=S)N2c2ccc(F)c(C)c2)cc1. The van der Waals surface area contributed by atoms with Crippen LogP contribution in [0, 0.1) is 12.7 Å². The third-order valence-electron chi connectivity index (χ3n) is 5.95. The Morgan fingerprint density at radius 3 is 2.48 bits per heavy atom. The lowest BCUT2D eigenvalue weighted by atomic mass is 10.0. The van der Waals surface area contributed by atoms with Gasteiger partial charge in [-0.2, -0.15) is 0 Å². The quantitative estimate of drug-likeness (QED) is 0.400. The lowest BCUT2D eigenvalue weighted by molar-refractivity contribution is 0.414. The maximum atomic E-state index is 14.1. The third-order valence-corrected chi connectivity index (χ3v) is 6.27. The predicted molar refractivity (Wildman–Crippen MR) is 131 cm³/mol. The minimum Gasteiger partial charge on any atom is -0.497 e. The van der Waals surface area contributed by atoms with E-state index >= 15 is 0 Å². The number of nitrogens with zero attached hydrogens (tertiary/aromatic N) is 3. The third kappa shape index (κ3) is 3.85. The van der Waals surface area contributed by atoms with Crippen molar-refractivity contribution in [3.8, 4) is 11.4 Å². The Kier molecular flexibility index (Phi) is 5.56. The zero-order valence-corrected chi connectivity index (χ0v) is 19.1. The van der Waals surface area contributed by atoms with Crippen LogP contribution in [0.4, 0.5) is 10.1 Å². The number of aromatic nitrogens is 2. The number of nitrogens with one attached hydrogen (secondary N) is 1. The van der Waals surface area contributed by atoms with E-state index in [0.29, 0.717) is 10.7 Å². The number of aryl methyl sites for hydroxylation is 1. The number of pyridine rings is 1. The molecule has 2 atom stereocenters. The molecule has 33 heavy (non-hydrogen) atoms. The van der Waals surface area contributed by atoms with Crippen LogP contribution in [0.2, 0.25) is 0 Å². The van der Waals surface area contributed by atoms with E-state index in [1.807, 2.05) is 60.8 Å². The van der Waals surface area contributed by atoms with E-state index in [9.17, 15) is 4.39 Å². The fourth-order valence-electron chi connectivity index (χ4n) is 4.33. The topological polar surface area (TPSA) is 42.3 Å². The van der Waals surface area contributed by atoms with Gasteiger partial charge in [-0.15, -0.1) is 0 Å². The molecule has 3 heterocycles. The number of benzene rings is 2. The summed E-state index contributed by atoms with van der Waals surface area (Å²) in [6.45, 7) is 1.76. The van der Waals surface area contributed by atoms with Gasteiger partial charge in [-0.1, -0.05) is 6.07 Å². The van der Waals surface area contributed by atoms with Gasteiger partial charge in [0.25, 0.3) is 0 Å². The normalized spacial score (nSPS) is 17.8. The molecule has 2 unspecified atom stereocenters. The molecule has 2 aromatic heterocycles. The molecule has 0 spiro atoms. The number of hydrogen-bond donors (Lipinski definition) is 1. The van der Waals surface area contributed by atoms with E-state index in [-0.39, 0.29) is 17.9 Å². The molecule has 0 amide bonds. The Labute approximate surface area is 197 Å². The highest BCUT2D eigenvalue weighted by molar-refractivity contribution is 7.80. The second-order valence-corrected chi connectivity index (χ2v) is 8.32. The average molecular weight is 459 g/mol. The molecule has 4 aromatic rings. The van der Waals surface area contributed by atoms with E-state index < -0.39 is 0 Å². The summed E-state index contributed by atoms with van der Waals surface area (Å²) in [4.78, 5) is 6.66. The molecule has 0 bridgehead atoms. The molecule has 5 nitrogen and oxygen atoms in total. The summed E-state index contributed by atoms with van der Waals surface area (Å²) < 4.78 is 21.5. The standard InChI is InChI=1S/C26H23FN4OS/c1-17-16-19(10-13-21(17)27)31-25(24(29-26(31)33)22-6-3-4-14-28-22)23-7-5-15-30(23)18-8-11-20(32-2)12-9-18/h3-16,24-25H,1-2H3,(H,29,33). The molecular weight excluding hydrogens is 435 g/mol. The highest BCUT2D eigenvalue weighted by Crippen LogP contribution is 2.42. The summed E-state index contributed by atoms with van der Waals surface area (Å²) in [6.07, 6.45) is 3.81. The van der Waals surface area contributed by atoms with Gasteiger partial charge in [0.15, 0.2) is 5.11 Å². The molecule has 1 N–H and O–H groups in total. The van der Waals surface area contributed by atoms with Crippen LogP contribution < -0.4 is 15.0 Å². The molecule has 1 saturated heterocycles. The molecule has 7 heteroatoms. The number of rotatable bonds is 5. The molecule has 5 rings (SSSR count). The summed E-state index contributed by atoms with van der Waals surface area (Å²) in [5.41, 5.74) is 4.32. The van der Waals surface area contributed by atoms with E-state index in [4.69, 9.17) is 17.0 Å². The first kappa shape index (κ1) is 21.2. The number of ether oxygens (including phenoxy) is 1. The van der Waals surface area contributed by atoms with Crippen molar-refractivity contribution in [2.24, 2.45) is 0 Å². The number of hydrogen-bond acceptors (Lipinski definition) is 3. The maximum absolute atomic E-state index is 14.1. The van der Waals surface area contributed by atoms with Gasteiger partial charge in [-0.05, 0) is 91.4 Å². The summed E-state index contributed by atoms with van der Waals surface area (Å²) in [5, 5.41) is 4.03. The van der Waals surface area contributed by atoms with Crippen LogP contribution in [-0.4, -0.2) is 21.8 Å². The van der Waals surface area contributed by atoms with Crippen molar-refractivity contribution < 1.29 is 9.13 Å². The maximum Gasteiger partial charge on any atom is 0.174 e. The lowest BCUT2D eigenvalue weighted by Gasteiger charge is -2.29. The largest absolute Gasteiger partial charge is 0.497 e. The Morgan fingerprint density at radius 2 is 1.79 bits per heavy atom. The van der Waals surface area contributed by atoms with Crippen molar-refractivity contribution in [1.29, 1.82) is 0 Å². The number of methoxy groups -OCH3 is 1. The molecule has 0 saturated carbocycles. The first-order chi connectivity index (χ1) is 16.1. The summed E-state index contributed by atoms with van der Waals surface area (Å²) in [7, 11) is 1.65. The van der Waals surface area contributed by atoms with Crippen LogP contribution >= 0.6 is 12.2 Å². The van der Waals surface area contributed by atoms with Crippen molar-refractivity contribution in [2.45, 2.75) is 19.0 Å². The molecular formula is C26H23FN4OS. The van der Waals surface area contributed by atoms with Crippen LogP contribution in [-0.2, 0) is 0 Å². The zero-order valence-electron chi connectivity index (χ0n) is 18.3. The first-order valence-electron chi connectivity index (χ1n) is 10.7. The van der Waals surface area contributed by atoms with Gasteiger partial charge in [0.1, 0.15) is 17.6 Å². The number of thiocarbonyl (C=S) groups is 1. The van der Waals surface area contributed by atoms with Crippen molar-refractivity contribution >= 4 is 23.0 Å². The molecule has 1 aliphatic heterocycles. The van der Waals surface area contributed by atoms with Gasteiger partial charge in [-0.25, -0.2) is 4.39 Å². The number of anilines is 1. The fraction of sp³-hybridized carbons (Fsp3) is 0.154. The molecule has 166 valence electrons. The van der Waals surface area contributed by atoms with E-state index in [2.05, 4.69) is 25.8 Å². The highest BCUT2D eigenvalue weighted by atomic mass is 32.1. The fourth-order valence-corrected chi connectivity index (χ4v) is 4.67. The number of halogens is 1. The van der Waals surface area contributed by atoms with Gasteiger partial charge in [-0.3, -0.25) is 4.98 Å². The van der Waals surface area contributed by atoms with E-state index in [1.54, 1.807) is 26.3 Å². The van der Waals surface area contributed by atoms with Crippen LogP contribution in [0.15, 0.2) is 85.2 Å². The Hall–Kier alpha value is -3.71. The highest BCUT2D eigenvalue weighted by Gasteiger charge is 2.42. The van der Waals surface area contributed by atoms with Crippen molar-refractivity contribution in [1.82, 2.24) is 14.9 Å². The lowest BCUT2D eigenvalue weighted by Crippen LogP contribution is -2.30. The zero-order chi connectivity index (χ0) is 22.9. The van der Waals surface area contributed by atoms with Gasteiger partial charge in [0, 0.05) is 29.5 Å². The minimum absolute atomic E-state index is 0.184. The van der Waals surface area contributed by atoms with Crippen molar-refractivity contribution in [3.05, 3.63) is 108 Å². The van der Waals surface area contributed by atoms with Crippen molar-refractivity contribution in [3.63, 3.8) is 0 Å². The average Bonchev–Trinajstić information content (AvgIpc) is 3.46. The summed E-state index contributed by atoms with van der Waals surface area (Å²) in [5.74, 6) is 0.558. The van der Waals surface area contributed by atoms with Gasteiger partial charge < -0.3 is 19.5 Å². The van der Waals surface area contributed by atoms with Gasteiger partial charge in [0.2, 0.25) is 0 Å². The smallest absolute Gasteiger partial charge is 0.174 e. The van der Waals surface area contributed by atoms with Crippen LogP contribution in [0.25, 0.3) is 5.69 Å². The van der Waals surface area contributed by atoms with Crippen LogP contribution in [0.3, 0.4) is 0 Å². The van der Waals surface area contributed by atoms with E-state index in [0.717, 1.165) is 28.5 Å². The Morgan fingerprint density at radius 1 is 1.00 bits per heavy atom. The van der Waals surface area contributed by atoms with Crippen LogP contribution in [0.5, 0.6) is 5.75 Å². The molecule has 0 aliphatic carbocycles. The Balaban J connectivity index is 1.65. The predicted octanol–water partition coefficient (Wildman–Crippen LogP) is 5.51. The first-order valence-corrected chi connectivity index (χ1v) is 11.1. The summed E-state index contributed by atoms with van der Waals surface area (Å²) in [6, 6.07) is 22.6. The van der Waals surface area contributed by atoms with E-state index in [1.165, 1.54) is 6.07 Å². The monoisotopic (exact) mass is 458 g/mol. The molecule has 2 aromatic carbocycles. The molecule has 1 fully saturated rings. The van der Waals surface area contributed by atoms with Crippen LogP contribution in [0.1, 0.15) is 29.0 Å². The van der Waals surface area contributed by atoms with Gasteiger partial charge in [0.05, 0.1) is 18.8 Å². The van der Waals surface area contributed by atoms with Crippen molar-refractivity contribution in [2.75, 3.05) is 12.0 Å². The second kappa shape index (κ2) is 8.67. The summed E-state index contributed by atoms with van der Waals surface area (Å²) >= 11 is 5.79. The molecule has 1 aliphatic rings. The second-order valence-electron chi connectivity index (χ2n) is 7.93. The Bertz CT molecular complexity index is 1290. The minimum atomic E-state index is -0.240.